The molecule has 0 saturated carbocycles. The Morgan fingerprint density at radius 1 is 1.03 bits per heavy atom. The van der Waals surface area contributed by atoms with Crippen LogP contribution in [-0.2, 0) is 6.61 Å². The Bertz CT molecular complexity index is 1210. The molecule has 4 aromatic rings. The molecule has 0 bridgehead atoms. The highest BCUT2D eigenvalue weighted by Gasteiger charge is 2.22. The molecule has 29 heavy (non-hydrogen) atoms. The van der Waals surface area contributed by atoms with E-state index < -0.39 is 4.92 Å². The average molecular weight is 386 g/mol. The summed E-state index contributed by atoms with van der Waals surface area (Å²) in [6.45, 7) is 1.96. The summed E-state index contributed by atoms with van der Waals surface area (Å²) in [6.07, 6.45) is 3.26. The zero-order valence-electron chi connectivity index (χ0n) is 15.7. The summed E-state index contributed by atoms with van der Waals surface area (Å²) in [7, 11) is 0. The van der Waals surface area contributed by atoms with Crippen molar-refractivity contribution < 1.29 is 14.2 Å². The van der Waals surface area contributed by atoms with Crippen molar-refractivity contribution in [2.24, 2.45) is 0 Å². The van der Waals surface area contributed by atoms with Gasteiger partial charge in [-0.25, -0.2) is 0 Å². The van der Waals surface area contributed by atoms with E-state index >= 15 is 0 Å². The Hall–Kier alpha value is -3.93. The minimum Gasteiger partial charge on any atom is -0.488 e. The molecule has 0 aliphatic heterocycles. The molecule has 144 valence electrons. The number of hydrogen-bond donors (Lipinski definition) is 0. The molecule has 1 heterocycles. The number of benzene rings is 3. The van der Waals surface area contributed by atoms with Gasteiger partial charge in [0.1, 0.15) is 12.4 Å². The Labute approximate surface area is 167 Å². The van der Waals surface area contributed by atoms with Crippen LogP contribution in [0.3, 0.4) is 0 Å². The molecular weight excluding hydrogens is 368 g/mol. The van der Waals surface area contributed by atoms with Crippen LogP contribution in [0.4, 0.5) is 5.69 Å². The molecule has 0 amide bonds. The summed E-state index contributed by atoms with van der Waals surface area (Å²) in [5.41, 5.74) is 1.96. The van der Waals surface area contributed by atoms with E-state index in [1.54, 1.807) is 13.0 Å². The van der Waals surface area contributed by atoms with E-state index in [9.17, 15) is 10.1 Å². The molecular formula is C23H18N2O4. The number of ether oxygens (including phenoxy) is 1. The second-order valence-corrected chi connectivity index (χ2v) is 6.58. The highest BCUT2D eigenvalue weighted by Crippen LogP contribution is 2.27. The van der Waals surface area contributed by atoms with Gasteiger partial charge in [0.15, 0.2) is 5.69 Å². The van der Waals surface area contributed by atoms with E-state index in [0.717, 1.165) is 16.5 Å². The molecule has 0 atom stereocenters. The highest BCUT2D eigenvalue weighted by atomic mass is 16.6. The van der Waals surface area contributed by atoms with E-state index in [2.05, 4.69) is 29.4 Å². The molecule has 0 saturated heterocycles. The molecule has 3 aromatic carbocycles. The molecule has 0 radical (unpaired) electrons. The highest BCUT2D eigenvalue weighted by molar-refractivity contribution is 5.83. The van der Waals surface area contributed by atoms with Gasteiger partial charge >= 0.3 is 5.69 Å². The number of hydrogen-bond acceptors (Lipinski definition) is 5. The lowest BCUT2D eigenvalue weighted by atomic mass is 10.1. The molecule has 0 fully saturated rings. The topological polar surface area (TPSA) is 78.4 Å². The third-order valence-corrected chi connectivity index (χ3v) is 4.58. The maximum Gasteiger partial charge on any atom is 0.338 e. The van der Waals surface area contributed by atoms with Crippen LogP contribution < -0.4 is 4.74 Å². The van der Waals surface area contributed by atoms with Gasteiger partial charge in [-0.2, -0.15) is 0 Å². The maximum atomic E-state index is 11.2. The first-order valence-corrected chi connectivity index (χ1v) is 9.10. The van der Waals surface area contributed by atoms with Crippen molar-refractivity contribution in [1.82, 2.24) is 5.16 Å². The Kier molecular flexibility index (Phi) is 5.07. The van der Waals surface area contributed by atoms with Gasteiger partial charge in [-0.05, 0) is 47.5 Å². The molecule has 6 nitrogen and oxygen atoms in total. The van der Waals surface area contributed by atoms with Crippen LogP contribution in [0, 0.1) is 17.0 Å². The molecule has 1 aromatic heterocycles. The number of aryl methyl sites for hydroxylation is 1. The summed E-state index contributed by atoms with van der Waals surface area (Å²) in [5, 5.41) is 17.2. The van der Waals surface area contributed by atoms with E-state index in [0.29, 0.717) is 12.4 Å². The van der Waals surface area contributed by atoms with Crippen molar-refractivity contribution in [2.45, 2.75) is 13.5 Å². The lowest BCUT2D eigenvalue weighted by molar-refractivity contribution is -0.386. The lowest BCUT2D eigenvalue weighted by Gasteiger charge is -2.10. The van der Waals surface area contributed by atoms with Crippen LogP contribution in [-0.4, -0.2) is 10.1 Å². The predicted molar refractivity (Wildman–Crippen MR) is 112 cm³/mol. The van der Waals surface area contributed by atoms with Crippen LogP contribution in [0.25, 0.3) is 22.9 Å². The van der Waals surface area contributed by atoms with Gasteiger partial charge in [-0.3, -0.25) is 10.1 Å². The Balaban J connectivity index is 1.54. The third-order valence-electron chi connectivity index (χ3n) is 4.58. The summed E-state index contributed by atoms with van der Waals surface area (Å²) in [4.78, 5) is 10.7. The fourth-order valence-electron chi connectivity index (χ4n) is 3.12. The number of fused-ring (bicyclic) bond motifs is 1. The summed E-state index contributed by atoms with van der Waals surface area (Å²) in [5.74, 6) is 0.785. The van der Waals surface area contributed by atoms with Crippen LogP contribution in [0.1, 0.15) is 22.6 Å². The first-order valence-electron chi connectivity index (χ1n) is 9.10. The van der Waals surface area contributed by atoms with Crippen LogP contribution in [0.15, 0.2) is 71.3 Å². The minimum absolute atomic E-state index is 0.108. The molecule has 0 aliphatic rings. The number of rotatable bonds is 6. The zero-order chi connectivity index (χ0) is 20.2. The van der Waals surface area contributed by atoms with E-state index in [1.807, 2.05) is 42.5 Å². The van der Waals surface area contributed by atoms with Gasteiger partial charge in [-0.1, -0.05) is 59.8 Å². The van der Waals surface area contributed by atoms with Gasteiger partial charge in [0.25, 0.3) is 0 Å². The van der Waals surface area contributed by atoms with Gasteiger partial charge in [0.2, 0.25) is 5.76 Å². The fourth-order valence-corrected chi connectivity index (χ4v) is 3.12. The summed E-state index contributed by atoms with van der Waals surface area (Å²) in [6, 6.07) is 21.9. The van der Waals surface area contributed by atoms with Crippen LogP contribution in [0.2, 0.25) is 0 Å². The monoisotopic (exact) mass is 386 g/mol. The molecule has 4 rings (SSSR count). The van der Waals surface area contributed by atoms with Crippen molar-refractivity contribution in [1.29, 1.82) is 0 Å². The lowest BCUT2D eigenvalue weighted by Crippen LogP contribution is -1.97. The molecule has 0 spiro atoms. The second-order valence-electron chi connectivity index (χ2n) is 6.58. The fraction of sp³-hybridized carbons (Fsp3) is 0.0870. The second kappa shape index (κ2) is 7.98. The first-order chi connectivity index (χ1) is 14.1. The number of nitrogens with zero attached hydrogens (tertiary/aromatic N) is 2. The zero-order valence-corrected chi connectivity index (χ0v) is 15.7. The molecule has 0 aliphatic carbocycles. The Morgan fingerprint density at radius 3 is 2.62 bits per heavy atom. The summed E-state index contributed by atoms with van der Waals surface area (Å²) < 4.78 is 11.1. The van der Waals surface area contributed by atoms with E-state index in [1.165, 1.54) is 11.5 Å². The SMILES string of the molecule is Cc1noc(C=Cc2ccccc2OCc2ccc3ccccc3c2)c1[N+](=O)[O-]. The van der Waals surface area contributed by atoms with Crippen molar-refractivity contribution in [3.05, 3.63) is 99.4 Å². The molecule has 0 N–H and O–H groups in total. The third kappa shape index (κ3) is 4.01. The van der Waals surface area contributed by atoms with Crippen molar-refractivity contribution in [3.8, 4) is 5.75 Å². The number of aromatic nitrogens is 1. The van der Waals surface area contributed by atoms with Crippen molar-refractivity contribution in [2.75, 3.05) is 0 Å². The number of nitro groups is 1. The van der Waals surface area contributed by atoms with Gasteiger partial charge in [0, 0.05) is 5.56 Å². The normalized spacial score (nSPS) is 11.2. The summed E-state index contributed by atoms with van der Waals surface area (Å²) >= 11 is 0. The predicted octanol–water partition coefficient (Wildman–Crippen LogP) is 5.79. The molecule has 6 heteroatoms. The van der Waals surface area contributed by atoms with E-state index in [-0.39, 0.29) is 17.1 Å². The van der Waals surface area contributed by atoms with Crippen molar-refractivity contribution in [3.63, 3.8) is 0 Å². The number of para-hydroxylation sites is 1. The van der Waals surface area contributed by atoms with Gasteiger partial charge in [-0.15, -0.1) is 0 Å². The smallest absolute Gasteiger partial charge is 0.338 e. The van der Waals surface area contributed by atoms with E-state index in [4.69, 9.17) is 9.26 Å². The van der Waals surface area contributed by atoms with Gasteiger partial charge in [0.05, 0.1) is 4.92 Å². The standard InChI is InChI=1S/C23H18N2O4/c1-16-23(25(26)27)22(29-24-16)13-12-19-7-4-5-9-21(19)28-15-17-10-11-18-6-2-3-8-20(18)14-17/h2-14H,15H2,1H3. The largest absolute Gasteiger partial charge is 0.488 e. The van der Waals surface area contributed by atoms with Crippen molar-refractivity contribution >= 4 is 28.6 Å². The minimum atomic E-state index is -0.492. The maximum absolute atomic E-state index is 11.2. The average Bonchev–Trinajstić information content (AvgIpc) is 3.11. The van der Waals surface area contributed by atoms with Crippen LogP contribution in [0.5, 0.6) is 5.75 Å². The first kappa shape index (κ1) is 18.4. The quantitative estimate of drug-likeness (QED) is 0.309. The Morgan fingerprint density at radius 2 is 1.79 bits per heavy atom. The molecule has 0 unspecified atom stereocenters. The van der Waals surface area contributed by atoms with Crippen LogP contribution >= 0.6 is 0 Å². The van der Waals surface area contributed by atoms with Gasteiger partial charge < -0.3 is 9.26 Å².